The van der Waals surface area contributed by atoms with Gasteiger partial charge < -0.3 is 18.8 Å². The molecule has 0 spiro atoms. The third kappa shape index (κ3) is 3.04. The summed E-state index contributed by atoms with van der Waals surface area (Å²) < 4.78 is 16.4. The highest BCUT2D eigenvalue weighted by atomic mass is 16.5. The molecule has 2 aliphatic heterocycles. The highest BCUT2D eigenvalue weighted by Crippen LogP contribution is 2.24. The number of methoxy groups -OCH3 is 1. The first-order chi connectivity index (χ1) is 10.7. The lowest BCUT2D eigenvalue weighted by Gasteiger charge is -2.46. The van der Waals surface area contributed by atoms with E-state index in [1.165, 1.54) is 0 Å². The first kappa shape index (κ1) is 15.5. The summed E-state index contributed by atoms with van der Waals surface area (Å²) in [6.45, 7) is 6.55. The molecule has 1 aromatic heterocycles. The minimum absolute atomic E-state index is 0.0155. The summed E-state index contributed by atoms with van der Waals surface area (Å²) in [5.41, 5.74) is 0.892. The molecule has 0 N–H and O–H groups in total. The Morgan fingerprint density at radius 3 is 3.05 bits per heavy atom. The van der Waals surface area contributed by atoms with Crippen molar-refractivity contribution in [2.75, 3.05) is 46.5 Å². The average Bonchev–Trinajstić information content (AvgIpc) is 2.97. The van der Waals surface area contributed by atoms with E-state index in [0.717, 1.165) is 38.2 Å². The fourth-order valence-electron chi connectivity index (χ4n) is 3.35. The van der Waals surface area contributed by atoms with Crippen molar-refractivity contribution in [1.82, 2.24) is 9.80 Å². The Bertz CT molecular complexity index is 516. The van der Waals surface area contributed by atoms with Crippen LogP contribution in [0.2, 0.25) is 0 Å². The zero-order chi connectivity index (χ0) is 15.5. The molecule has 0 bridgehead atoms. The molecule has 1 amide bonds. The van der Waals surface area contributed by atoms with Crippen LogP contribution >= 0.6 is 0 Å². The number of nitrogens with zero attached hydrogens (tertiary/aromatic N) is 2. The van der Waals surface area contributed by atoms with Gasteiger partial charge in [0.2, 0.25) is 0 Å². The first-order valence-corrected chi connectivity index (χ1v) is 7.88. The third-order valence-corrected chi connectivity index (χ3v) is 4.63. The Labute approximate surface area is 131 Å². The van der Waals surface area contributed by atoms with Gasteiger partial charge in [-0.25, -0.2) is 0 Å². The summed E-state index contributed by atoms with van der Waals surface area (Å²) in [7, 11) is 1.72. The number of hydrogen-bond donors (Lipinski definition) is 0. The van der Waals surface area contributed by atoms with Crippen molar-refractivity contribution in [3.05, 3.63) is 23.7 Å². The van der Waals surface area contributed by atoms with Gasteiger partial charge in [-0.3, -0.25) is 9.69 Å². The van der Waals surface area contributed by atoms with Crippen molar-refractivity contribution in [1.29, 1.82) is 0 Å². The summed E-state index contributed by atoms with van der Waals surface area (Å²) in [5, 5.41) is 0. The smallest absolute Gasteiger partial charge is 0.289 e. The maximum absolute atomic E-state index is 12.6. The number of carbonyl (C=O) groups excluding carboxylic acids is 1. The molecular formula is C16H24N2O4. The highest BCUT2D eigenvalue weighted by Gasteiger charge is 2.39. The number of carbonyl (C=O) groups is 1. The Kier molecular flexibility index (Phi) is 4.81. The Balaban J connectivity index is 1.69. The normalized spacial score (nSPS) is 26.0. The quantitative estimate of drug-likeness (QED) is 0.835. The number of amides is 1. The van der Waals surface area contributed by atoms with Crippen LogP contribution in [0.4, 0.5) is 0 Å². The molecule has 3 rings (SSSR count). The molecule has 0 aromatic carbocycles. The van der Waals surface area contributed by atoms with Gasteiger partial charge in [0.15, 0.2) is 5.76 Å². The lowest BCUT2D eigenvalue weighted by atomic mass is 9.98. The second-order valence-electron chi connectivity index (χ2n) is 5.98. The average molecular weight is 308 g/mol. The van der Waals surface area contributed by atoms with E-state index in [9.17, 15) is 4.79 Å². The molecule has 22 heavy (non-hydrogen) atoms. The molecular weight excluding hydrogens is 284 g/mol. The highest BCUT2D eigenvalue weighted by molar-refractivity contribution is 5.92. The Morgan fingerprint density at radius 1 is 1.45 bits per heavy atom. The van der Waals surface area contributed by atoms with Crippen molar-refractivity contribution in [3.63, 3.8) is 0 Å². The molecule has 122 valence electrons. The van der Waals surface area contributed by atoms with Gasteiger partial charge in [-0.1, -0.05) is 0 Å². The third-order valence-electron chi connectivity index (χ3n) is 4.63. The summed E-state index contributed by atoms with van der Waals surface area (Å²) in [6.07, 6.45) is 2.66. The number of fused-ring (bicyclic) bond motifs is 1. The second kappa shape index (κ2) is 6.81. The molecule has 6 nitrogen and oxygen atoms in total. The number of morpholine rings is 1. The van der Waals surface area contributed by atoms with Gasteiger partial charge in [0.1, 0.15) is 0 Å². The monoisotopic (exact) mass is 308 g/mol. The van der Waals surface area contributed by atoms with E-state index in [0.29, 0.717) is 18.9 Å². The van der Waals surface area contributed by atoms with Crippen molar-refractivity contribution < 1.29 is 18.7 Å². The number of ether oxygens (including phenoxy) is 2. The van der Waals surface area contributed by atoms with Gasteiger partial charge in [0.25, 0.3) is 5.91 Å². The van der Waals surface area contributed by atoms with E-state index < -0.39 is 0 Å². The molecule has 0 aliphatic carbocycles. The summed E-state index contributed by atoms with van der Waals surface area (Å²) in [4.78, 5) is 16.9. The van der Waals surface area contributed by atoms with E-state index in [2.05, 4.69) is 4.90 Å². The maximum atomic E-state index is 12.6. The number of aryl methyl sites for hydroxylation is 1. The van der Waals surface area contributed by atoms with Gasteiger partial charge in [0, 0.05) is 38.9 Å². The van der Waals surface area contributed by atoms with Crippen LogP contribution in [0.25, 0.3) is 0 Å². The first-order valence-electron chi connectivity index (χ1n) is 7.88. The molecule has 0 unspecified atom stereocenters. The van der Waals surface area contributed by atoms with Crippen LogP contribution in [0.15, 0.2) is 16.7 Å². The standard InChI is InChI=1S/C16H24N2O4/c1-12-4-8-22-15(12)16(19)18-5-3-14-13(11-18)17(6-9-20-2)7-10-21-14/h4,8,13-14H,3,5-7,9-11H2,1-2H3/t13-,14-/m0/s1. The predicted octanol–water partition coefficient (Wildman–Crippen LogP) is 1.15. The van der Waals surface area contributed by atoms with Crippen LogP contribution in [0.1, 0.15) is 22.5 Å². The van der Waals surface area contributed by atoms with Gasteiger partial charge in [-0.15, -0.1) is 0 Å². The van der Waals surface area contributed by atoms with Crippen molar-refractivity contribution in [2.45, 2.75) is 25.5 Å². The van der Waals surface area contributed by atoms with Crippen molar-refractivity contribution in [2.24, 2.45) is 0 Å². The molecule has 2 saturated heterocycles. The van der Waals surface area contributed by atoms with Crippen LogP contribution in [-0.2, 0) is 9.47 Å². The topological polar surface area (TPSA) is 55.2 Å². The minimum atomic E-state index is -0.0155. The van der Waals surface area contributed by atoms with E-state index >= 15 is 0 Å². The van der Waals surface area contributed by atoms with E-state index in [4.69, 9.17) is 13.9 Å². The molecule has 0 radical (unpaired) electrons. The molecule has 0 saturated carbocycles. The van der Waals surface area contributed by atoms with Crippen LogP contribution in [-0.4, -0.2) is 74.4 Å². The molecule has 6 heteroatoms. The zero-order valence-corrected chi connectivity index (χ0v) is 13.3. The summed E-state index contributed by atoms with van der Waals surface area (Å²) in [6, 6.07) is 2.08. The van der Waals surface area contributed by atoms with E-state index in [1.807, 2.05) is 17.9 Å². The fraction of sp³-hybridized carbons (Fsp3) is 0.688. The number of hydrogen-bond acceptors (Lipinski definition) is 5. The van der Waals surface area contributed by atoms with E-state index in [-0.39, 0.29) is 18.1 Å². The van der Waals surface area contributed by atoms with Crippen molar-refractivity contribution >= 4 is 5.91 Å². The largest absolute Gasteiger partial charge is 0.459 e. The number of rotatable bonds is 4. The van der Waals surface area contributed by atoms with Gasteiger partial charge >= 0.3 is 0 Å². The molecule has 2 atom stereocenters. The number of furan rings is 1. The predicted molar refractivity (Wildman–Crippen MR) is 80.9 cm³/mol. The Hall–Kier alpha value is -1.37. The SMILES string of the molecule is COCCN1CCO[C@H]2CCN(C(=O)c3occc3C)C[C@@H]21. The van der Waals surface area contributed by atoms with Gasteiger partial charge in [0.05, 0.1) is 31.6 Å². The second-order valence-corrected chi connectivity index (χ2v) is 5.98. The van der Waals surface area contributed by atoms with Crippen LogP contribution < -0.4 is 0 Å². The number of likely N-dealkylation sites (tertiary alicyclic amines) is 1. The van der Waals surface area contributed by atoms with Gasteiger partial charge in [-0.05, 0) is 19.4 Å². The summed E-state index contributed by atoms with van der Waals surface area (Å²) in [5.74, 6) is 0.442. The van der Waals surface area contributed by atoms with E-state index in [1.54, 1.807) is 13.4 Å². The number of piperidine rings is 1. The molecule has 2 fully saturated rings. The van der Waals surface area contributed by atoms with Crippen LogP contribution in [0.5, 0.6) is 0 Å². The van der Waals surface area contributed by atoms with Crippen LogP contribution in [0, 0.1) is 6.92 Å². The Morgan fingerprint density at radius 2 is 2.32 bits per heavy atom. The summed E-state index contributed by atoms with van der Waals surface area (Å²) >= 11 is 0. The lowest BCUT2D eigenvalue weighted by molar-refractivity contribution is -0.102. The van der Waals surface area contributed by atoms with Crippen LogP contribution in [0.3, 0.4) is 0 Å². The zero-order valence-electron chi connectivity index (χ0n) is 13.3. The minimum Gasteiger partial charge on any atom is -0.459 e. The lowest BCUT2D eigenvalue weighted by Crippen LogP contribution is -2.61. The molecule has 3 heterocycles. The maximum Gasteiger partial charge on any atom is 0.289 e. The molecule has 1 aromatic rings. The van der Waals surface area contributed by atoms with Crippen molar-refractivity contribution in [3.8, 4) is 0 Å². The molecule has 2 aliphatic rings. The van der Waals surface area contributed by atoms with Gasteiger partial charge in [-0.2, -0.15) is 0 Å². The fourth-order valence-corrected chi connectivity index (χ4v) is 3.35.